The third-order valence-corrected chi connectivity index (χ3v) is 5.17. The molecule has 0 aliphatic rings. The van der Waals surface area contributed by atoms with Crippen LogP contribution in [0.15, 0.2) is 28.1 Å². The van der Waals surface area contributed by atoms with Gasteiger partial charge in [-0.15, -0.1) is 11.3 Å². The normalized spacial score (nSPS) is 12.7. The molecule has 0 aliphatic carbocycles. The quantitative estimate of drug-likeness (QED) is 0.828. The fourth-order valence-electron chi connectivity index (χ4n) is 2.14. The van der Waals surface area contributed by atoms with E-state index in [1.54, 1.807) is 23.5 Å². The third-order valence-electron chi connectivity index (χ3n) is 2.97. The number of benzene rings is 1. The molecule has 2 rings (SSSR count). The molecule has 0 aliphatic heterocycles. The van der Waals surface area contributed by atoms with Crippen molar-refractivity contribution >= 4 is 27.3 Å². The Morgan fingerprint density at radius 1 is 1.26 bits per heavy atom. The highest BCUT2D eigenvalue weighted by molar-refractivity contribution is 9.11. The Morgan fingerprint density at radius 3 is 2.53 bits per heavy atom. The van der Waals surface area contributed by atoms with Gasteiger partial charge in [0.05, 0.1) is 9.83 Å². The molecule has 0 saturated carbocycles. The Hall–Kier alpha value is -0.710. The molecule has 0 fully saturated rings. The third kappa shape index (κ3) is 3.44. The molecule has 2 aromatic rings. The maximum atomic E-state index is 13.6. The van der Waals surface area contributed by atoms with E-state index in [9.17, 15) is 4.39 Å². The van der Waals surface area contributed by atoms with Crippen LogP contribution in [0.1, 0.15) is 34.5 Å². The second-order valence-electron chi connectivity index (χ2n) is 4.66. The fraction of sp³-hybridized carbons (Fsp3) is 0.333. The number of hydrogen-bond acceptors (Lipinski definition) is 2. The van der Waals surface area contributed by atoms with Crippen molar-refractivity contribution in [1.82, 2.24) is 5.32 Å². The van der Waals surface area contributed by atoms with Gasteiger partial charge in [0.25, 0.3) is 0 Å². The van der Waals surface area contributed by atoms with Crippen LogP contribution in [0.4, 0.5) is 4.39 Å². The van der Waals surface area contributed by atoms with Crippen LogP contribution in [0.2, 0.25) is 0 Å². The van der Waals surface area contributed by atoms with Crippen molar-refractivity contribution in [2.45, 2.75) is 26.8 Å². The van der Waals surface area contributed by atoms with Gasteiger partial charge in [-0.3, -0.25) is 0 Å². The molecule has 1 nitrogen and oxygen atoms in total. The largest absolute Gasteiger partial charge is 0.306 e. The lowest BCUT2D eigenvalue weighted by Crippen LogP contribution is -2.21. The van der Waals surface area contributed by atoms with Crippen molar-refractivity contribution in [3.8, 4) is 0 Å². The summed E-state index contributed by atoms with van der Waals surface area (Å²) in [6, 6.07) is 7.42. The van der Waals surface area contributed by atoms with Crippen LogP contribution >= 0.6 is 27.3 Å². The highest BCUT2D eigenvalue weighted by Gasteiger charge is 2.17. The smallest absolute Gasteiger partial charge is 0.123 e. The average molecular weight is 342 g/mol. The topological polar surface area (TPSA) is 12.0 Å². The van der Waals surface area contributed by atoms with E-state index < -0.39 is 0 Å². The molecular formula is C15H17BrFNS. The molecular weight excluding hydrogens is 325 g/mol. The summed E-state index contributed by atoms with van der Waals surface area (Å²) in [5, 5.41) is 3.43. The molecule has 19 heavy (non-hydrogen) atoms. The van der Waals surface area contributed by atoms with E-state index in [-0.39, 0.29) is 11.9 Å². The van der Waals surface area contributed by atoms with E-state index in [1.165, 1.54) is 10.4 Å². The molecule has 1 unspecified atom stereocenters. The van der Waals surface area contributed by atoms with Gasteiger partial charge in [0.15, 0.2) is 0 Å². The molecule has 1 aromatic heterocycles. The molecule has 1 N–H and O–H groups in total. The number of thiophene rings is 1. The second-order valence-corrected chi connectivity index (χ2v) is 7.06. The van der Waals surface area contributed by atoms with Crippen LogP contribution in [-0.4, -0.2) is 6.54 Å². The zero-order chi connectivity index (χ0) is 14.0. The number of nitrogens with one attached hydrogen (secondary N) is 1. The summed E-state index contributed by atoms with van der Waals surface area (Å²) < 4.78 is 14.7. The first-order chi connectivity index (χ1) is 9.01. The first-order valence-corrected chi connectivity index (χ1v) is 7.88. The number of halogens is 2. The van der Waals surface area contributed by atoms with Crippen molar-refractivity contribution in [1.29, 1.82) is 0 Å². The summed E-state index contributed by atoms with van der Waals surface area (Å²) >= 11 is 5.25. The molecule has 0 amide bonds. The van der Waals surface area contributed by atoms with Crippen molar-refractivity contribution in [2.24, 2.45) is 0 Å². The zero-order valence-corrected chi connectivity index (χ0v) is 13.7. The summed E-state index contributed by atoms with van der Waals surface area (Å²) in [6.45, 7) is 6.90. The standard InChI is InChI=1S/C15H17BrFNS/c1-4-18-14(13-7-10(3)15(16)19-13)11-5-9(2)6-12(17)8-11/h5-8,14,18H,4H2,1-3H3. The summed E-state index contributed by atoms with van der Waals surface area (Å²) in [5.41, 5.74) is 3.15. The zero-order valence-electron chi connectivity index (χ0n) is 11.3. The molecule has 1 atom stereocenters. The first-order valence-electron chi connectivity index (χ1n) is 6.27. The monoisotopic (exact) mass is 341 g/mol. The van der Waals surface area contributed by atoms with E-state index in [0.29, 0.717) is 0 Å². The van der Waals surface area contributed by atoms with E-state index >= 15 is 0 Å². The SMILES string of the molecule is CCNC(c1cc(C)cc(F)c1)c1cc(C)c(Br)s1. The van der Waals surface area contributed by atoms with Crippen molar-refractivity contribution in [2.75, 3.05) is 6.54 Å². The molecule has 1 heterocycles. The van der Waals surface area contributed by atoms with E-state index in [0.717, 1.165) is 21.5 Å². The minimum absolute atomic E-state index is 0.0504. The van der Waals surface area contributed by atoms with E-state index in [1.807, 2.05) is 13.0 Å². The van der Waals surface area contributed by atoms with Crippen LogP contribution in [0.5, 0.6) is 0 Å². The van der Waals surface area contributed by atoms with Gasteiger partial charge in [-0.25, -0.2) is 4.39 Å². The molecule has 4 heteroatoms. The summed E-state index contributed by atoms with van der Waals surface area (Å²) in [5.74, 6) is -0.176. The van der Waals surface area contributed by atoms with Gasteiger partial charge >= 0.3 is 0 Å². The maximum Gasteiger partial charge on any atom is 0.123 e. The number of aryl methyl sites for hydroxylation is 2. The van der Waals surface area contributed by atoms with Crippen LogP contribution in [0, 0.1) is 19.7 Å². The first kappa shape index (κ1) is 14.7. The molecule has 1 aromatic carbocycles. The van der Waals surface area contributed by atoms with Gasteiger partial charge in [-0.05, 0) is 71.2 Å². The van der Waals surface area contributed by atoms with Crippen molar-refractivity contribution in [3.63, 3.8) is 0 Å². The summed E-state index contributed by atoms with van der Waals surface area (Å²) in [4.78, 5) is 1.20. The van der Waals surface area contributed by atoms with Gasteiger partial charge in [-0.2, -0.15) is 0 Å². The average Bonchev–Trinajstić information content (AvgIpc) is 2.65. The van der Waals surface area contributed by atoms with Crippen molar-refractivity contribution in [3.05, 3.63) is 55.4 Å². The molecule has 0 spiro atoms. The fourth-order valence-corrected chi connectivity index (χ4v) is 3.82. The number of hydrogen-bond donors (Lipinski definition) is 1. The lowest BCUT2D eigenvalue weighted by Gasteiger charge is -2.17. The van der Waals surface area contributed by atoms with Crippen LogP contribution in [-0.2, 0) is 0 Å². The predicted octanol–water partition coefficient (Wildman–Crippen LogP) is 4.97. The molecule has 0 bridgehead atoms. The molecule has 0 radical (unpaired) electrons. The van der Waals surface area contributed by atoms with Crippen molar-refractivity contribution < 1.29 is 4.39 Å². The highest BCUT2D eigenvalue weighted by Crippen LogP contribution is 2.34. The van der Waals surface area contributed by atoms with Gasteiger partial charge in [0, 0.05) is 4.88 Å². The lowest BCUT2D eigenvalue weighted by atomic mass is 10.0. The lowest BCUT2D eigenvalue weighted by molar-refractivity contribution is 0.605. The van der Waals surface area contributed by atoms with Gasteiger partial charge in [0.1, 0.15) is 5.82 Å². The van der Waals surface area contributed by atoms with Crippen LogP contribution < -0.4 is 5.32 Å². The Kier molecular flexibility index (Phi) is 4.76. The van der Waals surface area contributed by atoms with Crippen LogP contribution in [0.3, 0.4) is 0 Å². The van der Waals surface area contributed by atoms with E-state index in [2.05, 4.69) is 41.2 Å². The minimum Gasteiger partial charge on any atom is -0.306 e. The van der Waals surface area contributed by atoms with Crippen LogP contribution in [0.25, 0.3) is 0 Å². The van der Waals surface area contributed by atoms with Gasteiger partial charge in [-0.1, -0.05) is 13.0 Å². The predicted molar refractivity (Wildman–Crippen MR) is 83.4 cm³/mol. The summed E-state index contributed by atoms with van der Waals surface area (Å²) in [7, 11) is 0. The molecule has 102 valence electrons. The molecule has 0 saturated heterocycles. The minimum atomic E-state index is -0.176. The highest BCUT2D eigenvalue weighted by atomic mass is 79.9. The summed E-state index contributed by atoms with van der Waals surface area (Å²) in [6.07, 6.45) is 0. The number of rotatable bonds is 4. The maximum absolute atomic E-state index is 13.6. The Labute approximate surface area is 126 Å². The van der Waals surface area contributed by atoms with E-state index in [4.69, 9.17) is 0 Å². The Bertz CT molecular complexity index is 540. The Balaban J connectivity index is 2.44. The van der Waals surface area contributed by atoms with Gasteiger partial charge in [0.2, 0.25) is 0 Å². The second kappa shape index (κ2) is 6.16. The van der Waals surface area contributed by atoms with Gasteiger partial charge < -0.3 is 5.32 Å². The Morgan fingerprint density at radius 2 is 2.00 bits per heavy atom.